The number of anilines is 2. The molecule has 6 nitrogen and oxygen atoms in total. The van der Waals surface area contributed by atoms with Gasteiger partial charge in [-0.05, 0) is 43.5 Å². The van der Waals surface area contributed by atoms with Gasteiger partial charge in [-0.2, -0.15) is 0 Å². The molecule has 0 aliphatic carbocycles. The molecular formula is C13H18N2O4S. The molecule has 2 rings (SSSR count). The molecule has 20 heavy (non-hydrogen) atoms. The lowest BCUT2D eigenvalue weighted by atomic mass is 10.0. The highest BCUT2D eigenvalue weighted by Gasteiger charge is 2.36. The molecule has 0 radical (unpaired) electrons. The van der Waals surface area contributed by atoms with Crippen LogP contribution in [0.1, 0.15) is 18.9 Å². The van der Waals surface area contributed by atoms with Crippen molar-refractivity contribution in [1.82, 2.24) is 0 Å². The molecule has 0 bridgehead atoms. The van der Waals surface area contributed by atoms with Crippen molar-refractivity contribution in [2.24, 2.45) is 0 Å². The van der Waals surface area contributed by atoms with Crippen LogP contribution < -0.4 is 10.0 Å². The molecule has 1 atom stereocenters. The summed E-state index contributed by atoms with van der Waals surface area (Å²) in [6, 6.07) is 5.13. The van der Waals surface area contributed by atoms with Crippen LogP contribution in [0.5, 0.6) is 0 Å². The third-order valence-corrected chi connectivity index (χ3v) is 5.55. The molecule has 1 aromatic rings. The summed E-state index contributed by atoms with van der Waals surface area (Å²) in [5.74, 6) is -0.757. The third kappa shape index (κ3) is 2.45. The second kappa shape index (κ2) is 5.32. The molecule has 1 aliphatic heterocycles. The number of hydrogen-bond acceptors (Lipinski definition) is 5. The smallest absolute Gasteiger partial charge is 0.325 e. The van der Waals surface area contributed by atoms with Gasteiger partial charge in [0.15, 0.2) is 5.25 Å². The molecule has 0 fully saturated rings. The van der Waals surface area contributed by atoms with Crippen LogP contribution in [0.15, 0.2) is 18.2 Å². The summed E-state index contributed by atoms with van der Waals surface area (Å²) in [7, 11) is -2.60. The highest BCUT2D eigenvalue weighted by molar-refractivity contribution is 7.94. The van der Waals surface area contributed by atoms with Gasteiger partial charge < -0.3 is 10.5 Å². The lowest BCUT2D eigenvalue weighted by Crippen LogP contribution is -2.44. The Bertz CT molecular complexity index is 627. The topological polar surface area (TPSA) is 89.7 Å². The number of sulfonamides is 1. The van der Waals surface area contributed by atoms with Gasteiger partial charge in [-0.3, -0.25) is 9.10 Å². The van der Waals surface area contributed by atoms with E-state index in [0.717, 1.165) is 12.0 Å². The van der Waals surface area contributed by atoms with Crippen LogP contribution >= 0.6 is 0 Å². The van der Waals surface area contributed by atoms with Crippen molar-refractivity contribution in [3.05, 3.63) is 23.8 Å². The van der Waals surface area contributed by atoms with Gasteiger partial charge in [-0.15, -0.1) is 0 Å². The number of rotatable bonds is 3. The number of esters is 1. The van der Waals surface area contributed by atoms with Crippen LogP contribution in [0.4, 0.5) is 11.4 Å². The second-order valence-corrected chi connectivity index (χ2v) is 6.95. The van der Waals surface area contributed by atoms with Gasteiger partial charge in [0.25, 0.3) is 0 Å². The predicted molar refractivity (Wildman–Crippen MR) is 76.9 cm³/mol. The number of aryl methyl sites for hydroxylation is 1. The number of nitrogens with two attached hydrogens (primary N) is 1. The number of nitrogens with zero attached hydrogens (tertiary/aromatic N) is 1. The zero-order chi connectivity index (χ0) is 14.9. The molecule has 0 aromatic heterocycles. The summed E-state index contributed by atoms with van der Waals surface area (Å²) < 4.78 is 30.9. The highest BCUT2D eigenvalue weighted by Crippen LogP contribution is 2.32. The summed E-state index contributed by atoms with van der Waals surface area (Å²) in [4.78, 5) is 11.5. The normalized spacial score (nSPS) is 16.4. The predicted octanol–water partition coefficient (Wildman–Crippen LogP) is 0.913. The number of hydrogen-bond donors (Lipinski definition) is 1. The Morgan fingerprint density at radius 1 is 1.45 bits per heavy atom. The van der Waals surface area contributed by atoms with Gasteiger partial charge in [0, 0.05) is 12.2 Å². The van der Waals surface area contributed by atoms with E-state index >= 15 is 0 Å². The molecule has 1 aromatic carbocycles. The van der Waals surface area contributed by atoms with Crippen molar-refractivity contribution in [3.8, 4) is 0 Å². The first kappa shape index (κ1) is 14.6. The molecule has 110 valence electrons. The zero-order valence-electron chi connectivity index (χ0n) is 11.5. The van der Waals surface area contributed by atoms with Crippen LogP contribution in [-0.2, 0) is 26.0 Å². The average molecular weight is 298 g/mol. The van der Waals surface area contributed by atoms with E-state index in [2.05, 4.69) is 4.74 Å². The van der Waals surface area contributed by atoms with E-state index in [1.54, 1.807) is 18.2 Å². The Kier molecular flexibility index (Phi) is 3.89. The van der Waals surface area contributed by atoms with E-state index in [1.807, 2.05) is 0 Å². The molecule has 0 saturated carbocycles. The lowest BCUT2D eigenvalue weighted by Gasteiger charge is -2.32. The van der Waals surface area contributed by atoms with Crippen molar-refractivity contribution in [2.75, 3.05) is 23.7 Å². The lowest BCUT2D eigenvalue weighted by molar-refractivity contribution is -0.139. The number of fused-ring (bicyclic) bond motifs is 1. The summed E-state index contributed by atoms with van der Waals surface area (Å²) in [5, 5.41) is -1.23. The second-order valence-electron chi connectivity index (χ2n) is 4.77. The minimum Gasteiger partial charge on any atom is -0.468 e. The third-order valence-electron chi connectivity index (χ3n) is 3.47. The average Bonchev–Trinajstić information content (AvgIpc) is 2.44. The molecule has 7 heteroatoms. The molecule has 2 N–H and O–H groups in total. The van der Waals surface area contributed by atoms with Crippen molar-refractivity contribution in [2.45, 2.75) is 25.0 Å². The number of carbonyl (C=O) groups excluding carboxylic acids is 1. The highest BCUT2D eigenvalue weighted by atomic mass is 32.2. The van der Waals surface area contributed by atoms with E-state index in [4.69, 9.17) is 5.73 Å². The van der Waals surface area contributed by atoms with Gasteiger partial charge in [-0.1, -0.05) is 0 Å². The minimum absolute atomic E-state index is 0.362. The maximum atomic E-state index is 12.5. The number of nitrogen functional groups attached to an aromatic ring is 1. The molecule has 1 heterocycles. The Labute approximate surface area is 118 Å². The van der Waals surface area contributed by atoms with E-state index in [0.29, 0.717) is 24.3 Å². The van der Waals surface area contributed by atoms with Crippen molar-refractivity contribution in [3.63, 3.8) is 0 Å². The van der Waals surface area contributed by atoms with Crippen LogP contribution in [-0.4, -0.2) is 33.3 Å². The maximum absolute atomic E-state index is 12.5. The summed E-state index contributed by atoms with van der Waals surface area (Å²) in [6.45, 7) is 1.70. The van der Waals surface area contributed by atoms with Crippen LogP contribution in [0.2, 0.25) is 0 Å². The Balaban J connectivity index is 2.43. The van der Waals surface area contributed by atoms with E-state index in [1.165, 1.54) is 18.3 Å². The van der Waals surface area contributed by atoms with Crippen molar-refractivity contribution in [1.29, 1.82) is 0 Å². The Hall–Kier alpha value is -1.76. The fourth-order valence-electron chi connectivity index (χ4n) is 2.33. The fraction of sp³-hybridized carbons (Fsp3) is 0.462. The van der Waals surface area contributed by atoms with E-state index in [-0.39, 0.29) is 0 Å². The van der Waals surface area contributed by atoms with Crippen molar-refractivity contribution >= 4 is 27.4 Å². The number of ether oxygens (including phenoxy) is 1. The summed E-state index contributed by atoms with van der Waals surface area (Å²) in [6.07, 6.45) is 1.47. The number of methoxy groups -OCH3 is 1. The zero-order valence-corrected chi connectivity index (χ0v) is 12.3. The van der Waals surface area contributed by atoms with E-state index in [9.17, 15) is 13.2 Å². The number of carbonyl (C=O) groups is 1. The molecule has 0 spiro atoms. The van der Waals surface area contributed by atoms with Gasteiger partial charge >= 0.3 is 5.97 Å². The molecule has 1 unspecified atom stereocenters. The summed E-state index contributed by atoms with van der Waals surface area (Å²) >= 11 is 0. The summed E-state index contributed by atoms with van der Waals surface area (Å²) in [5.41, 5.74) is 7.81. The van der Waals surface area contributed by atoms with Crippen LogP contribution in [0.25, 0.3) is 0 Å². The SMILES string of the molecule is COC(=O)C(C)S(=O)(=O)N1CCCc2cc(N)ccc21. The van der Waals surface area contributed by atoms with E-state index < -0.39 is 21.2 Å². The van der Waals surface area contributed by atoms with Crippen molar-refractivity contribution < 1.29 is 17.9 Å². The Morgan fingerprint density at radius 3 is 2.80 bits per heavy atom. The van der Waals surface area contributed by atoms with Gasteiger partial charge in [-0.25, -0.2) is 8.42 Å². The monoisotopic (exact) mass is 298 g/mol. The van der Waals surface area contributed by atoms with Gasteiger partial charge in [0.1, 0.15) is 0 Å². The minimum atomic E-state index is -3.78. The Morgan fingerprint density at radius 2 is 2.15 bits per heavy atom. The largest absolute Gasteiger partial charge is 0.468 e. The van der Waals surface area contributed by atoms with Gasteiger partial charge in [0.2, 0.25) is 10.0 Å². The van der Waals surface area contributed by atoms with Crippen LogP contribution in [0.3, 0.4) is 0 Å². The first-order chi connectivity index (χ1) is 9.37. The fourth-order valence-corrected chi connectivity index (χ4v) is 3.88. The van der Waals surface area contributed by atoms with Gasteiger partial charge in [0.05, 0.1) is 12.8 Å². The van der Waals surface area contributed by atoms with Crippen LogP contribution in [0, 0.1) is 0 Å². The number of benzene rings is 1. The quantitative estimate of drug-likeness (QED) is 0.662. The molecule has 1 aliphatic rings. The molecular weight excluding hydrogens is 280 g/mol. The standard InChI is InChI=1S/C13H18N2O4S/c1-9(13(16)19-2)20(17,18)15-7-3-4-10-8-11(14)5-6-12(10)15/h5-6,8-9H,3-4,7,14H2,1-2H3. The first-order valence-electron chi connectivity index (χ1n) is 6.35. The molecule has 0 saturated heterocycles. The maximum Gasteiger partial charge on any atom is 0.325 e. The molecule has 0 amide bonds. The first-order valence-corrected chi connectivity index (χ1v) is 7.86.